The molecular weight excluding hydrogens is 209 g/mol. The van der Waals surface area contributed by atoms with Crippen LogP contribution < -0.4 is 5.73 Å². The van der Waals surface area contributed by atoms with Gasteiger partial charge in [-0.2, -0.15) is 11.8 Å². The van der Waals surface area contributed by atoms with Crippen molar-refractivity contribution in [3.8, 4) is 0 Å². The zero-order valence-electron chi connectivity index (χ0n) is 7.09. The Morgan fingerprint density at radius 2 is 2.23 bits per heavy atom. The average molecular weight is 220 g/mol. The molecule has 0 saturated carbocycles. The van der Waals surface area contributed by atoms with Crippen LogP contribution in [0.3, 0.4) is 0 Å². The molecule has 0 amide bonds. The lowest BCUT2D eigenvalue weighted by atomic mass is 10.2. The summed E-state index contributed by atoms with van der Waals surface area (Å²) in [6, 6.07) is 4.87. The van der Waals surface area contributed by atoms with Gasteiger partial charge in [-0.15, -0.1) is 0 Å². The van der Waals surface area contributed by atoms with Gasteiger partial charge < -0.3 is 5.73 Å². The Balaban J connectivity index is 2.53. The van der Waals surface area contributed by atoms with Gasteiger partial charge in [-0.05, 0) is 17.7 Å². The molecule has 72 valence electrons. The van der Waals surface area contributed by atoms with Gasteiger partial charge >= 0.3 is 0 Å². The molecule has 0 atom stereocenters. The second-order valence-electron chi connectivity index (χ2n) is 2.59. The van der Waals surface area contributed by atoms with Gasteiger partial charge in [0.15, 0.2) is 0 Å². The smallest absolute Gasteiger partial charge is 0.142 e. The van der Waals surface area contributed by atoms with Crippen molar-refractivity contribution in [1.29, 1.82) is 0 Å². The SMILES string of the molecule is NCCSCc1ccc(Cl)c(F)c1. The van der Waals surface area contributed by atoms with Gasteiger partial charge in [0.25, 0.3) is 0 Å². The minimum Gasteiger partial charge on any atom is -0.330 e. The largest absolute Gasteiger partial charge is 0.330 e. The summed E-state index contributed by atoms with van der Waals surface area (Å²) in [4.78, 5) is 0. The van der Waals surface area contributed by atoms with Crippen molar-refractivity contribution in [2.75, 3.05) is 12.3 Å². The molecule has 13 heavy (non-hydrogen) atoms. The van der Waals surface area contributed by atoms with E-state index in [1.54, 1.807) is 17.8 Å². The Hall–Kier alpha value is -0.250. The van der Waals surface area contributed by atoms with Gasteiger partial charge in [0.2, 0.25) is 0 Å². The van der Waals surface area contributed by atoms with E-state index in [4.69, 9.17) is 17.3 Å². The highest BCUT2D eigenvalue weighted by Crippen LogP contribution is 2.18. The van der Waals surface area contributed by atoms with Crippen molar-refractivity contribution in [3.63, 3.8) is 0 Å². The first kappa shape index (κ1) is 10.8. The molecule has 0 heterocycles. The number of hydrogen-bond acceptors (Lipinski definition) is 2. The minimum atomic E-state index is -0.354. The van der Waals surface area contributed by atoms with Crippen LogP contribution in [0.15, 0.2) is 18.2 Å². The van der Waals surface area contributed by atoms with Crippen LogP contribution in [0.25, 0.3) is 0 Å². The zero-order valence-corrected chi connectivity index (χ0v) is 8.67. The number of rotatable bonds is 4. The van der Waals surface area contributed by atoms with E-state index in [0.29, 0.717) is 6.54 Å². The fraction of sp³-hybridized carbons (Fsp3) is 0.333. The molecule has 0 aliphatic rings. The summed E-state index contributed by atoms with van der Waals surface area (Å²) in [5.41, 5.74) is 6.28. The Bertz CT molecular complexity index is 280. The Morgan fingerprint density at radius 1 is 1.46 bits per heavy atom. The number of thioether (sulfide) groups is 1. The second-order valence-corrected chi connectivity index (χ2v) is 4.10. The van der Waals surface area contributed by atoms with Crippen molar-refractivity contribution in [1.82, 2.24) is 0 Å². The molecule has 0 bridgehead atoms. The van der Waals surface area contributed by atoms with E-state index in [2.05, 4.69) is 0 Å². The van der Waals surface area contributed by atoms with Gasteiger partial charge in [0, 0.05) is 18.1 Å². The predicted octanol–water partition coefficient (Wildman–Crippen LogP) is 2.67. The normalized spacial score (nSPS) is 10.4. The molecule has 0 radical (unpaired) electrons. The molecule has 0 saturated heterocycles. The lowest BCUT2D eigenvalue weighted by Crippen LogP contribution is -2.01. The Morgan fingerprint density at radius 3 is 2.85 bits per heavy atom. The number of hydrogen-bond donors (Lipinski definition) is 1. The molecule has 0 aliphatic carbocycles. The van der Waals surface area contributed by atoms with Crippen LogP contribution in [-0.4, -0.2) is 12.3 Å². The van der Waals surface area contributed by atoms with Crippen molar-refractivity contribution in [3.05, 3.63) is 34.6 Å². The summed E-state index contributed by atoms with van der Waals surface area (Å²) in [5.74, 6) is 1.32. The number of nitrogens with two attached hydrogens (primary N) is 1. The van der Waals surface area contributed by atoms with Crippen LogP contribution >= 0.6 is 23.4 Å². The van der Waals surface area contributed by atoms with Gasteiger partial charge in [-0.25, -0.2) is 4.39 Å². The van der Waals surface area contributed by atoms with Gasteiger partial charge in [-0.3, -0.25) is 0 Å². The van der Waals surface area contributed by atoms with E-state index in [-0.39, 0.29) is 10.8 Å². The quantitative estimate of drug-likeness (QED) is 0.788. The molecule has 2 N–H and O–H groups in total. The topological polar surface area (TPSA) is 26.0 Å². The van der Waals surface area contributed by atoms with Crippen LogP contribution in [-0.2, 0) is 5.75 Å². The highest BCUT2D eigenvalue weighted by atomic mass is 35.5. The van der Waals surface area contributed by atoms with E-state index in [0.717, 1.165) is 17.1 Å². The summed E-state index contributed by atoms with van der Waals surface area (Å²) in [6.07, 6.45) is 0. The fourth-order valence-electron chi connectivity index (χ4n) is 0.903. The molecule has 1 aromatic rings. The van der Waals surface area contributed by atoms with Crippen LogP contribution in [0.1, 0.15) is 5.56 Å². The van der Waals surface area contributed by atoms with Crippen molar-refractivity contribution >= 4 is 23.4 Å². The molecular formula is C9H11ClFNS. The molecule has 0 fully saturated rings. The molecule has 1 aromatic carbocycles. The maximum absolute atomic E-state index is 12.9. The average Bonchev–Trinajstić information content (AvgIpc) is 2.12. The Kier molecular flexibility index (Phi) is 4.56. The molecule has 0 aromatic heterocycles. The first-order chi connectivity index (χ1) is 6.24. The van der Waals surface area contributed by atoms with E-state index in [1.807, 2.05) is 6.07 Å². The third-order valence-electron chi connectivity index (χ3n) is 1.51. The molecule has 0 aliphatic heterocycles. The van der Waals surface area contributed by atoms with E-state index in [9.17, 15) is 4.39 Å². The van der Waals surface area contributed by atoms with E-state index < -0.39 is 0 Å². The number of halogens is 2. The summed E-state index contributed by atoms with van der Waals surface area (Å²) in [5, 5.41) is 0.174. The lowest BCUT2D eigenvalue weighted by molar-refractivity contribution is 0.627. The molecule has 0 spiro atoms. The lowest BCUT2D eigenvalue weighted by Gasteiger charge is -2.01. The van der Waals surface area contributed by atoms with Gasteiger partial charge in [0.1, 0.15) is 5.82 Å². The zero-order chi connectivity index (χ0) is 9.68. The highest BCUT2D eigenvalue weighted by molar-refractivity contribution is 7.98. The highest BCUT2D eigenvalue weighted by Gasteiger charge is 2.00. The van der Waals surface area contributed by atoms with E-state index in [1.165, 1.54) is 6.07 Å². The monoisotopic (exact) mass is 219 g/mol. The number of benzene rings is 1. The Labute approximate surface area is 86.5 Å². The maximum atomic E-state index is 12.9. The predicted molar refractivity (Wildman–Crippen MR) is 56.6 cm³/mol. The molecule has 1 nitrogen and oxygen atoms in total. The first-order valence-corrected chi connectivity index (χ1v) is 5.49. The summed E-state index contributed by atoms with van der Waals surface area (Å²) in [7, 11) is 0. The van der Waals surface area contributed by atoms with Crippen molar-refractivity contribution in [2.45, 2.75) is 5.75 Å². The fourth-order valence-corrected chi connectivity index (χ4v) is 1.75. The van der Waals surface area contributed by atoms with Crippen LogP contribution in [0.5, 0.6) is 0 Å². The molecule has 0 unspecified atom stereocenters. The molecule has 1 rings (SSSR count). The third-order valence-corrected chi connectivity index (χ3v) is 2.88. The van der Waals surface area contributed by atoms with Crippen molar-refractivity contribution < 1.29 is 4.39 Å². The van der Waals surface area contributed by atoms with Crippen molar-refractivity contribution in [2.24, 2.45) is 5.73 Å². The maximum Gasteiger partial charge on any atom is 0.142 e. The van der Waals surface area contributed by atoms with Crippen LogP contribution in [0.2, 0.25) is 5.02 Å². The van der Waals surface area contributed by atoms with Gasteiger partial charge in [-0.1, -0.05) is 17.7 Å². The standard InChI is InChI=1S/C9H11ClFNS/c10-8-2-1-7(5-9(8)11)6-13-4-3-12/h1-2,5H,3-4,6,12H2. The van der Waals surface area contributed by atoms with Gasteiger partial charge in [0.05, 0.1) is 5.02 Å². The van der Waals surface area contributed by atoms with Crippen LogP contribution in [0.4, 0.5) is 4.39 Å². The second kappa shape index (κ2) is 5.47. The third kappa shape index (κ3) is 3.55. The first-order valence-electron chi connectivity index (χ1n) is 3.96. The van der Waals surface area contributed by atoms with E-state index >= 15 is 0 Å². The minimum absolute atomic E-state index is 0.174. The van der Waals surface area contributed by atoms with Crippen LogP contribution in [0, 0.1) is 5.82 Å². The molecule has 4 heteroatoms. The summed E-state index contributed by atoms with van der Waals surface area (Å²) >= 11 is 7.23. The summed E-state index contributed by atoms with van der Waals surface area (Å²) in [6.45, 7) is 0.654. The summed E-state index contributed by atoms with van der Waals surface area (Å²) < 4.78 is 12.9.